The smallest absolute Gasteiger partial charge is 0.322 e. The molecule has 1 unspecified atom stereocenters. The van der Waals surface area contributed by atoms with Gasteiger partial charge in [-0.25, -0.2) is 18.1 Å². The first-order valence-electron chi connectivity index (χ1n) is 9.82. The van der Waals surface area contributed by atoms with Gasteiger partial charge in [-0.3, -0.25) is 4.79 Å². The van der Waals surface area contributed by atoms with Crippen LogP contribution in [0.1, 0.15) is 22.7 Å². The molecule has 8 nitrogen and oxygen atoms in total. The first kappa shape index (κ1) is 22.7. The number of hydrogen-bond acceptors (Lipinski definition) is 5. The van der Waals surface area contributed by atoms with Gasteiger partial charge in [0.1, 0.15) is 6.04 Å². The number of aliphatic carboxylic acids is 1. The van der Waals surface area contributed by atoms with Gasteiger partial charge in [0.05, 0.1) is 36.9 Å². The minimum absolute atomic E-state index is 0.0160. The molecule has 0 spiro atoms. The van der Waals surface area contributed by atoms with Crippen LogP contribution in [0.4, 0.5) is 0 Å². The fourth-order valence-electron chi connectivity index (χ4n) is 3.16. The Kier molecular flexibility index (Phi) is 7.94. The van der Waals surface area contributed by atoms with Gasteiger partial charge in [0.25, 0.3) is 0 Å². The van der Waals surface area contributed by atoms with Gasteiger partial charge >= 0.3 is 5.97 Å². The third-order valence-corrected chi connectivity index (χ3v) is 6.14. The van der Waals surface area contributed by atoms with Gasteiger partial charge in [-0.1, -0.05) is 60.7 Å². The Labute approximate surface area is 181 Å². The number of carbonyl (C=O) groups is 1. The Bertz CT molecular complexity index is 1040. The van der Waals surface area contributed by atoms with Crippen LogP contribution in [0.5, 0.6) is 0 Å². The Hall–Kier alpha value is -3.01. The predicted octanol–water partition coefficient (Wildman–Crippen LogP) is 2.33. The van der Waals surface area contributed by atoms with Gasteiger partial charge in [0.2, 0.25) is 10.0 Å². The molecule has 9 heteroatoms. The van der Waals surface area contributed by atoms with Crippen molar-refractivity contribution in [1.82, 2.24) is 14.7 Å². The van der Waals surface area contributed by atoms with Crippen molar-refractivity contribution in [3.8, 4) is 0 Å². The van der Waals surface area contributed by atoms with Crippen molar-refractivity contribution in [3.05, 3.63) is 90.0 Å². The maximum atomic E-state index is 12.6. The molecule has 0 saturated carbocycles. The standard InChI is InChI=1S/C22H25N3O5S/c26-22(27)21(25-31(28,29)12-11-17-7-3-1-4-8-17)19(20-13-23-16-24-20)15-30-14-18-9-5-2-6-10-18/h1-10,13,16,19,21,25H,11-12,14-15H2,(H,23,24)(H,26,27)/t19?,21-/m0/s1. The lowest BCUT2D eigenvalue weighted by Crippen LogP contribution is -2.47. The summed E-state index contributed by atoms with van der Waals surface area (Å²) >= 11 is 0. The fourth-order valence-corrected chi connectivity index (χ4v) is 4.43. The number of sulfonamides is 1. The van der Waals surface area contributed by atoms with E-state index < -0.39 is 28.0 Å². The van der Waals surface area contributed by atoms with Crippen molar-refractivity contribution >= 4 is 16.0 Å². The highest BCUT2D eigenvalue weighted by molar-refractivity contribution is 7.89. The molecule has 2 aromatic carbocycles. The molecule has 1 aromatic heterocycles. The van der Waals surface area contributed by atoms with Crippen LogP contribution >= 0.6 is 0 Å². The Balaban J connectivity index is 1.70. The zero-order valence-corrected chi connectivity index (χ0v) is 17.7. The van der Waals surface area contributed by atoms with E-state index >= 15 is 0 Å². The number of hydrogen-bond donors (Lipinski definition) is 3. The van der Waals surface area contributed by atoms with E-state index in [1.807, 2.05) is 60.7 Å². The van der Waals surface area contributed by atoms with Crippen LogP contribution in [-0.2, 0) is 32.6 Å². The highest BCUT2D eigenvalue weighted by Gasteiger charge is 2.34. The van der Waals surface area contributed by atoms with Crippen LogP contribution in [0.25, 0.3) is 0 Å². The summed E-state index contributed by atoms with van der Waals surface area (Å²) < 4.78 is 33.4. The zero-order chi connectivity index (χ0) is 22.1. The van der Waals surface area contributed by atoms with E-state index in [1.54, 1.807) is 6.20 Å². The number of benzene rings is 2. The van der Waals surface area contributed by atoms with Crippen molar-refractivity contribution in [2.45, 2.75) is 25.0 Å². The average molecular weight is 444 g/mol. The highest BCUT2D eigenvalue weighted by atomic mass is 32.2. The maximum Gasteiger partial charge on any atom is 0.322 e. The Morgan fingerprint density at radius 1 is 1.06 bits per heavy atom. The third-order valence-electron chi connectivity index (χ3n) is 4.79. The van der Waals surface area contributed by atoms with Crippen LogP contribution in [0.3, 0.4) is 0 Å². The first-order valence-corrected chi connectivity index (χ1v) is 11.5. The molecule has 1 heterocycles. The summed E-state index contributed by atoms with van der Waals surface area (Å²) in [6.07, 6.45) is 3.24. The van der Waals surface area contributed by atoms with Crippen molar-refractivity contribution in [2.75, 3.05) is 12.4 Å². The number of ether oxygens (including phenoxy) is 1. The summed E-state index contributed by atoms with van der Waals surface area (Å²) in [5.41, 5.74) is 2.19. The molecule has 2 atom stereocenters. The SMILES string of the molecule is O=C(O)[C@@H](NS(=O)(=O)CCc1ccccc1)C(COCc1ccccc1)c1c[nH]cn1. The minimum atomic E-state index is -3.86. The third kappa shape index (κ3) is 7.02. The zero-order valence-electron chi connectivity index (χ0n) is 16.8. The van der Waals surface area contributed by atoms with Crippen LogP contribution in [-0.4, -0.2) is 47.9 Å². The summed E-state index contributed by atoms with van der Waals surface area (Å²) in [4.78, 5) is 18.9. The highest BCUT2D eigenvalue weighted by Crippen LogP contribution is 2.20. The molecule has 0 radical (unpaired) electrons. The number of rotatable bonds is 12. The second-order valence-electron chi connectivity index (χ2n) is 7.09. The minimum Gasteiger partial charge on any atom is -0.480 e. The van der Waals surface area contributed by atoms with Gasteiger partial charge in [-0.2, -0.15) is 0 Å². The largest absolute Gasteiger partial charge is 0.480 e. The van der Waals surface area contributed by atoms with Crippen LogP contribution < -0.4 is 4.72 Å². The van der Waals surface area contributed by atoms with E-state index in [1.165, 1.54) is 6.33 Å². The summed E-state index contributed by atoms with van der Waals surface area (Å²) in [5, 5.41) is 9.79. The van der Waals surface area contributed by atoms with Crippen molar-refractivity contribution < 1.29 is 23.1 Å². The molecule has 0 aliphatic rings. The van der Waals surface area contributed by atoms with Crippen LogP contribution in [0.2, 0.25) is 0 Å². The monoisotopic (exact) mass is 443 g/mol. The van der Waals surface area contributed by atoms with Gasteiger partial charge in [0, 0.05) is 6.20 Å². The number of nitrogens with one attached hydrogen (secondary N) is 2. The van der Waals surface area contributed by atoms with Crippen molar-refractivity contribution in [1.29, 1.82) is 0 Å². The molecular weight excluding hydrogens is 418 g/mol. The normalized spacial score (nSPS) is 13.5. The molecular formula is C22H25N3O5S. The van der Waals surface area contributed by atoms with Gasteiger partial charge in [-0.15, -0.1) is 0 Å². The molecule has 0 fully saturated rings. The first-order chi connectivity index (χ1) is 14.9. The Morgan fingerprint density at radius 2 is 1.71 bits per heavy atom. The molecule has 0 aliphatic carbocycles. The number of aromatic nitrogens is 2. The summed E-state index contributed by atoms with van der Waals surface area (Å²) in [5.74, 6) is -2.32. The summed E-state index contributed by atoms with van der Waals surface area (Å²) in [6.45, 7) is 0.257. The summed E-state index contributed by atoms with van der Waals surface area (Å²) in [6, 6.07) is 17.2. The number of imidazole rings is 1. The number of H-pyrrole nitrogens is 1. The van der Waals surface area contributed by atoms with E-state index in [-0.39, 0.29) is 25.4 Å². The lowest BCUT2D eigenvalue weighted by atomic mass is 9.98. The number of carboxylic acid groups (broad SMARTS) is 1. The van der Waals surface area contributed by atoms with E-state index in [0.29, 0.717) is 5.69 Å². The van der Waals surface area contributed by atoms with E-state index in [0.717, 1.165) is 11.1 Å². The van der Waals surface area contributed by atoms with E-state index in [9.17, 15) is 18.3 Å². The van der Waals surface area contributed by atoms with E-state index in [4.69, 9.17) is 4.74 Å². The lowest BCUT2D eigenvalue weighted by Gasteiger charge is -2.23. The number of nitrogens with zero attached hydrogens (tertiary/aromatic N) is 1. The molecule has 0 amide bonds. The molecule has 3 N–H and O–H groups in total. The molecule has 0 aliphatic heterocycles. The summed E-state index contributed by atoms with van der Waals surface area (Å²) in [7, 11) is -3.86. The van der Waals surface area contributed by atoms with Crippen molar-refractivity contribution in [2.24, 2.45) is 0 Å². The van der Waals surface area contributed by atoms with Crippen LogP contribution in [0, 0.1) is 0 Å². The van der Waals surface area contributed by atoms with Gasteiger partial charge < -0.3 is 14.8 Å². The molecule has 164 valence electrons. The van der Waals surface area contributed by atoms with Crippen molar-refractivity contribution in [3.63, 3.8) is 0 Å². The number of aryl methyl sites for hydroxylation is 1. The lowest BCUT2D eigenvalue weighted by molar-refractivity contribution is -0.140. The molecule has 3 aromatic rings. The van der Waals surface area contributed by atoms with E-state index in [2.05, 4.69) is 14.7 Å². The molecule has 3 rings (SSSR count). The number of carboxylic acids is 1. The topological polar surface area (TPSA) is 121 Å². The van der Waals surface area contributed by atoms with Crippen LogP contribution in [0.15, 0.2) is 73.2 Å². The molecule has 31 heavy (non-hydrogen) atoms. The quantitative estimate of drug-likeness (QED) is 0.395. The average Bonchev–Trinajstić information content (AvgIpc) is 3.30. The molecule has 0 bridgehead atoms. The second-order valence-corrected chi connectivity index (χ2v) is 8.96. The predicted molar refractivity (Wildman–Crippen MR) is 116 cm³/mol. The molecule has 0 saturated heterocycles. The maximum absolute atomic E-state index is 12.6. The van der Waals surface area contributed by atoms with Gasteiger partial charge in [0.15, 0.2) is 0 Å². The number of aromatic amines is 1. The van der Waals surface area contributed by atoms with Gasteiger partial charge in [-0.05, 0) is 17.5 Å². The fraction of sp³-hybridized carbons (Fsp3) is 0.273. The second kappa shape index (κ2) is 10.9. The Morgan fingerprint density at radius 3 is 2.29 bits per heavy atom.